The van der Waals surface area contributed by atoms with Gasteiger partial charge < -0.3 is 14.6 Å². The van der Waals surface area contributed by atoms with Crippen molar-refractivity contribution < 1.29 is 41.0 Å². The van der Waals surface area contributed by atoms with Gasteiger partial charge in [0.1, 0.15) is 11.8 Å². The summed E-state index contributed by atoms with van der Waals surface area (Å²) < 4.78 is 71.6. The lowest BCUT2D eigenvalue weighted by Gasteiger charge is -2.17. The maximum absolute atomic E-state index is 12.2. The number of hydrogen-bond acceptors (Lipinski definition) is 5. The van der Waals surface area contributed by atoms with Gasteiger partial charge in [-0.1, -0.05) is 0 Å². The zero-order valence-electron chi connectivity index (χ0n) is 12.8. The number of nitrogens with one attached hydrogen (secondary N) is 1. The van der Waals surface area contributed by atoms with Crippen molar-refractivity contribution in [2.24, 2.45) is 5.92 Å². The number of aliphatic carboxylic acids is 1. The minimum absolute atomic E-state index is 0.0594. The fourth-order valence-corrected chi connectivity index (χ4v) is 3.58. The van der Waals surface area contributed by atoms with E-state index in [0.717, 1.165) is 24.3 Å². The second kappa shape index (κ2) is 7.58. The van der Waals surface area contributed by atoms with Crippen molar-refractivity contribution in [3.63, 3.8) is 0 Å². The van der Waals surface area contributed by atoms with E-state index in [9.17, 15) is 31.5 Å². The molecule has 1 heterocycles. The number of alkyl halides is 3. The third-order valence-electron chi connectivity index (χ3n) is 3.56. The SMILES string of the molecule is O=C(O)[C@H](C[C@@H]1CCOC1)NS(=O)(=O)c1ccc(OC(F)(F)F)cc1. The molecule has 0 radical (unpaired) electrons. The second-order valence-electron chi connectivity index (χ2n) is 5.50. The summed E-state index contributed by atoms with van der Waals surface area (Å²) in [7, 11) is -4.22. The molecular formula is C14H16F3NO6S. The molecule has 7 nitrogen and oxygen atoms in total. The lowest BCUT2D eigenvalue weighted by Crippen LogP contribution is -2.42. The summed E-state index contributed by atoms with van der Waals surface area (Å²) in [5, 5.41) is 9.20. The number of benzene rings is 1. The molecule has 1 aliphatic rings. The summed E-state index contributed by atoms with van der Waals surface area (Å²) in [5.74, 6) is -2.00. The molecule has 0 bridgehead atoms. The van der Waals surface area contributed by atoms with E-state index >= 15 is 0 Å². The van der Waals surface area contributed by atoms with Crippen molar-refractivity contribution in [2.75, 3.05) is 13.2 Å². The van der Waals surface area contributed by atoms with E-state index in [0.29, 0.717) is 19.6 Å². The first-order valence-electron chi connectivity index (χ1n) is 7.25. The molecule has 1 saturated heterocycles. The highest BCUT2D eigenvalue weighted by Gasteiger charge is 2.32. The van der Waals surface area contributed by atoms with Gasteiger partial charge in [0.2, 0.25) is 10.0 Å². The first kappa shape index (κ1) is 19.5. The highest BCUT2D eigenvalue weighted by molar-refractivity contribution is 7.89. The van der Waals surface area contributed by atoms with E-state index in [-0.39, 0.29) is 17.2 Å². The van der Waals surface area contributed by atoms with Crippen molar-refractivity contribution in [2.45, 2.75) is 30.1 Å². The zero-order chi connectivity index (χ0) is 18.7. The number of carboxylic acid groups (broad SMARTS) is 1. The molecule has 0 spiro atoms. The quantitative estimate of drug-likeness (QED) is 0.744. The molecule has 2 atom stereocenters. The van der Waals surface area contributed by atoms with Gasteiger partial charge in [-0.05, 0) is 43.0 Å². The molecule has 0 aliphatic carbocycles. The molecule has 2 N–H and O–H groups in total. The fourth-order valence-electron chi connectivity index (χ4n) is 2.38. The lowest BCUT2D eigenvalue weighted by atomic mass is 10.00. The Morgan fingerprint density at radius 2 is 2.00 bits per heavy atom. The maximum atomic E-state index is 12.2. The Labute approximate surface area is 141 Å². The van der Waals surface area contributed by atoms with Crippen LogP contribution in [0.4, 0.5) is 13.2 Å². The van der Waals surface area contributed by atoms with Crippen molar-refractivity contribution in [1.29, 1.82) is 0 Å². The molecule has 0 amide bonds. The molecule has 0 unspecified atom stereocenters. The molecule has 2 rings (SSSR count). The minimum atomic E-state index is -4.89. The van der Waals surface area contributed by atoms with Gasteiger partial charge in [-0.25, -0.2) is 8.42 Å². The lowest BCUT2D eigenvalue weighted by molar-refractivity contribution is -0.274. The molecule has 0 saturated carbocycles. The van der Waals surface area contributed by atoms with Gasteiger partial charge in [0.05, 0.1) is 4.90 Å². The third-order valence-corrected chi connectivity index (χ3v) is 5.04. The van der Waals surface area contributed by atoms with Crippen LogP contribution in [-0.2, 0) is 19.6 Å². The Morgan fingerprint density at radius 3 is 2.48 bits per heavy atom. The molecule has 0 aromatic heterocycles. The van der Waals surface area contributed by atoms with E-state index in [1.54, 1.807) is 0 Å². The van der Waals surface area contributed by atoms with E-state index in [4.69, 9.17) is 4.74 Å². The van der Waals surface area contributed by atoms with Crippen molar-refractivity contribution in [1.82, 2.24) is 4.72 Å². The van der Waals surface area contributed by atoms with Crippen LogP contribution >= 0.6 is 0 Å². The summed E-state index contributed by atoms with van der Waals surface area (Å²) >= 11 is 0. The second-order valence-corrected chi connectivity index (χ2v) is 7.21. The Balaban J connectivity index is 2.09. The van der Waals surface area contributed by atoms with E-state index in [1.807, 2.05) is 0 Å². The average molecular weight is 383 g/mol. The minimum Gasteiger partial charge on any atom is -0.480 e. The van der Waals surface area contributed by atoms with Crippen molar-refractivity contribution in [3.05, 3.63) is 24.3 Å². The van der Waals surface area contributed by atoms with Crippen LogP contribution < -0.4 is 9.46 Å². The normalized spacial score (nSPS) is 19.6. The molecule has 11 heteroatoms. The summed E-state index contributed by atoms with van der Waals surface area (Å²) in [6.45, 7) is 0.847. The van der Waals surface area contributed by atoms with Gasteiger partial charge >= 0.3 is 12.3 Å². The Kier molecular flexibility index (Phi) is 5.91. The Hall–Kier alpha value is -1.85. The standard InChI is InChI=1S/C14H16F3NO6S/c15-14(16,17)24-10-1-3-11(4-2-10)25(21,22)18-12(13(19)20)7-9-5-6-23-8-9/h1-4,9,12,18H,5-8H2,(H,19,20)/t9-,12-/m0/s1. The van der Waals surface area contributed by atoms with Gasteiger partial charge in [-0.15, -0.1) is 13.2 Å². The maximum Gasteiger partial charge on any atom is 0.573 e. The van der Waals surface area contributed by atoms with Crippen LogP contribution in [0.1, 0.15) is 12.8 Å². The van der Waals surface area contributed by atoms with Gasteiger partial charge in [-0.3, -0.25) is 4.79 Å². The van der Waals surface area contributed by atoms with Crippen LogP contribution in [0.2, 0.25) is 0 Å². The van der Waals surface area contributed by atoms with Crippen molar-refractivity contribution >= 4 is 16.0 Å². The number of carboxylic acids is 1. The van der Waals surface area contributed by atoms with Crippen LogP contribution in [0, 0.1) is 5.92 Å². The summed E-state index contributed by atoms with van der Waals surface area (Å²) in [6, 6.07) is 2.12. The summed E-state index contributed by atoms with van der Waals surface area (Å²) in [6.07, 6.45) is -4.20. The average Bonchev–Trinajstić information content (AvgIpc) is 2.98. The van der Waals surface area contributed by atoms with E-state index in [2.05, 4.69) is 9.46 Å². The zero-order valence-corrected chi connectivity index (χ0v) is 13.6. The predicted octanol–water partition coefficient (Wildman–Crippen LogP) is 1.74. The van der Waals surface area contributed by atoms with Gasteiger partial charge in [-0.2, -0.15) is 4.72 Å². The highest BCUT2D eigenvalue weighted by atomic mass is 32.2. The first-order valence-corrected chi connectivity index (χ1v) is 8.74. The van der Waals surface area contributed by atoms with E-state index in [1.165, 1.54) is 0 Å². The molecule has 25 heavy (non-hydrogen) atoms. The van der Waals surface area contributed by atoms with Gasteiger partial charge in [0.15, 0.2) is 0 Å². The predicted molar refractivity (Wildman–Crippen MR) is 78.4 cm³/mol. The largest absolute Gasteiger partial charge is 0.573 e. The van der Waals surface area contributed by atoms with Crippen LogP contribution in [-0.4, -0.2) is 45.1 Å². The molecule has 1 fully saturated rings. The Morgan fingerprint density at radius 1 is 1.36 bits per heavy atom. The van der Waals surface area contributed by atoms with Crippen LogP contribution in [0.15, 0.2) is 29.2 Å². The van der Waals surface area contributed by atoms with Gasteiger partial charge in [0.25, 0.3) is 0 Å². The first-order chi connectivity index (χ1) is 11.6. The molecule has 1 aliphatic heterocycles. The third kappa shape index (κ3) is 5.87. The molecule has 1 aromatic carbocycles. The number of sulfonamides is 1. The monoisotopic (exact) mass is 383 g/mol. The number of rotatable bonds is 7. The van der Waals surface area contributed by atoms with Crippen LogP contribution in [0.25, 0.3) is 0 Å². The topological polar surface area (TPSA) is 102 Å². The van der Waals surface area contributed by atoms with E-state index < -0.39 is 34.1 Å². The summed E-state index contributed by atoms with van der Waals surface area (Å²) in [5.41, 5.74) is 0. The van der Waals surface area contributed by atoms with Crippen LogP contribution in [0.3, 0.4) is 0 Å². The number of hydrogen-bond donors (Lipinski definition) is 2. The number of ether oxygens (including phenoxy) is 2. The van der Waals surface area contributed by atoms with Crippen molar-refractivity contribution in [3.8, 4) is 5.75 Å². The highest BCUT2D eigenvalue weighted by Crippen LogP contribution is 2.24. The van der Waals surface area contributed by atoms with Gasteiger partial charge in [0, 0.05) is 13.2 Å². The fraction of sp³-hybridized carbons (Fsp3) is 0.500. The number of halogens is 3. The molecular weight excluding hydrogens is 367 g/mol. The van der Waals surface area contributed by atoms with Crippen LogP contribution in [0.5, 0.6) is 5.75 Å². The smallest absolute Gasteiger partial charge is 0.480 e. The summed E-state index contributed by atoms with van der Waals surface area (Å²) in [4.78, 5) is 10.9. The Bertz CT molecular complexity index is 698. The molecule has 1 aromatic rings. The molecule has 140 valence electrons. The number of carbonyl (C=O) groups is 1.